The van der Waals surface area contributed by atoms with Crippen molar-refractivity contribution in [2.45, 2.75) is 52.4 Å². The van der Waals surface area contributed by atoms with Crippen molar-refractivity contribution in [2.75, 3.05) is 0 Å². The zero-order chi connectivity index (χ0) is 11.8. The first-order valence-corrected chi connectivity index (χ1v) is 6.77. The van der Waals surface area contributed by atoms with Crippen LogP contribution >= 0.6 is 9.47 Å². The van der Waals surface area contributed by atoms with E-state index >= 15 is 0 Å². The molecule has 0 amide bonds. The van der Waals surface area contributed by atoms with Crippen molar-refractivity contribution in [3.63, 3.8) is 0 Å². The molecule has 1 aromatic carbocycles. The van der Waals surface area contributed by atoms with Crippen molar-refractivity contribution in [2.24, 2.45) is 0 Å². The maximum absolute atomic E-state index is 5.32. The summed E-state index contributed by atoms with van der Waals surface area (Å²) < 4.78 is 5.32. The van der Waals surface area contributed by atoms with Gasteiger partial charge in [-0.1, -0.05) is 38.8 Å². The fourth-order valence-electron chi connectivity index (χ4n) is 1.85. The summed E-state index contributed by atoms with van der Waals surface area (Å²) in [6.45, 7) is 4.46. The molecule has 0 bridgehead atoms. The number of hydrogen-bond donors (Lipinski definition) is 0. The topological polar surface area (TPSA) is 9.23 Å². The van der Waals surface area contributed by atoms with Gasteiger partial charge in [0.25, 0.3) is 0 Å². The molecule has 0 radical (unpaired) electrons. The minimum atomic E-state index is 1.01. The Morgan fingerprint density at radius 2 is 1.75 bits per heavy atom. The molecule has 0 aliphatic rings. The summed E-state index contributed by atoms with van der Waals surface area (Å²) >= 11 is 0. The van der Waals surface area contributed by atoms with E-state index in [1.807, 2.05) is 0 Å². The summed E-state index contributed by atoms with van der Waals surface area (Å²) in [5.41, 5.74) is 2.80. The second-order valence-electron chi connectivity index (χ2n) is 4.27. The van der Waals surface area contributed by atoms with E-state index in [1.54, 1.807) is 0 Å². The molecule has 0 saturated carbocycles. The Kier molecular flexibility index (Phi) is 6.49. The Labute approximate surface area is 102 Å². The molecule has 1 nitrogen and oxygen atoms in total. The van der Waals surface area contributed by atoms with Crippen LogP contribution in [0.2, 0.25) is 0 Å². The largest absolute Gasteiger partial charge is 0.480 e. The van der Waals surface area contributed by atoms with Crippen molar-refractivity contribution < 1.29 is 4.52 Å². The molecule has 1 atom stereocenters. The lowest BCUT2D eigenvalue weighted by atomic mass is 10.0. The van der Waals surface area contributed by atoms with E-state index in [-0.39, 0.29) is 0 Å². The van der Waals surface area contributed by atoms with E-state index in [0.717, 1.165) is 12.2 Å². The maximum atomic E-state index is 5.32. The van der Waals surface area contributed by atoms with Gasteiger partial charge in [-0.15, -0.1) is 0 Å². The normalized spacial score (nSPS) is 10.4. The second kappa shape index (κ2) is 7.68. The van der Waals surface area contributed by atoms with E-state index in [1.165, 1.54) is 43.2 Å². The maximum Gasteiger partial charge on any atom is 0.125 e. The monoisotopic (exact) mass is 238 g/mol. The van der Waals surface area contributed by atoms with Gasteiger partial charge in [0.2, 0.25) is 0 Å². The number of rotatable bonds is 7. The highest BCUT2D eigenvalue weighted by molar-refractivity contribution is 7.10. The molecular weight excluding hydrogens is 215 g/mol. The first-order chi connectivity index (χ1) is 7.81. The summed E-state index contributed by atoms with van der Waals surface area (Å²) in [4.78, 5) is 0. The summed E-state index contributed by atoms with van der Waals surface area (Å²) in [5, 5.41) is 0. The predicted octanol–water partition coefficient (Wildman–Crippen LogP) is 4.54. The van der Waals surface area contributed by atoms with Crippen LogP contribution in [0.15, 0.2) is 18.2 Å². The highest BCUT2D eigenvalue weighted by atomic mass is 31.0. The highest BCUT2D eigenvalue weighted by Crippen LogP contribution is 2.24. The van der Waals surface area contributed by atoms with Crippen molar-refractivity contribution in [3.8, 4) is 5.75 Å². The molecule has 90 valence electrons. The average Bonchev–Trinajstić information content (AvgIpc) is 2.33. The van der Waals surface area contributed by atoms with Gasteiger partial charge in [0.1, 0.15) is 5.75 Å². The van der Waals surface area contributed by atoms with E-state index < -0.39 is 0 Å². The Balaban J connectivity index is 2.74. The van der Waals surface area contributed by atoms with Gasteiger partial charge in [0.15, 0.2) is 0 Å². The molecule has 2 heteroatoms. The first kappa shape index (κ1) is 13.5. The van der Waals surface area contributed by atoms with Crippen LogP contribution in [0.3, 0.4) is 0 Å². The van der Waals surface area contributed by atoms with Crippen LogP contribution in [0.5, 0.6) is 5.75 Å². The molecule has 0 fully saturated rings. The van der Waals surface area contributed by atoms with E-state index in [0.29, 0.717) is 0 Å². The van der Waals surface area contributed by atoms with Crippen molar-refractivity contribution >= 4 is 9.47 Å². The molecule has 0 aromatic heterocycles. The third-order valence-electron chi connectivity index (χ3n) is 2.87. The smallest absolute Gasteiger partial charge is 0.125 e. The zero-order valence-corrected chi connectivity index (χ0v) is 11.6. The quantitative estimate of drug-likeness (QED) is 0.634. The van der Waals surface area contributed by atoms with E-state index in [2.05, 4.69) is 41.5 Å². The van der Waals surface area contributed by atoms with Gasteiger partial charge >= 0.3 is 0 Å². The zero-order valence-electron chi connectivity index (χ0n) is 10.5. The molecule has 0 aliphatic heterocycles. The van der Waals surface area contributed by atoms with Gasteiger partial charge in [0, 0.05) is 0 Å². The Morgan fingerprint density at radius 1 is 1.06 bits per heavy atom. The van der Waals surface area contributed by atoms with Gasteiger partial charge in [0.05, 0.1) is 9.47 Å². The van der Waals surface area contributed by atoms with Crippen molar-refractivity contribution in [1.82, 2.24) is 0 Å². The molecule has 1 unspecified atom stereocenters. The predicted molar refractivity (Wildman–Crippen MR) is 74.0 cm³/mol. The molecule has 1 aromatic rings. The fraction of sp³-hybridized carbons (Fsp3) is 0.571. The van der Waals surface area contributed by atoms with Gasteiger partial charge in [-0.3, -0.25) is 0 Å². The lowest BCUT2D eigenvalue weighted by Crippen LogP contribution is -1.93. The minimum absolute atomic E-state index is 1.01. The molecular formula is C14H23OP. The minimum Gasteiger partial charge on any atom is -0.480 e. The highest BCUT2D eigenvalue weighted by Gasteiger charge is 2.04. The molecule has 0 spiro atoms. The van der Waals surface area contributed by atoms with Gasteiger partial charge in [-0.2, -0.15) is 0 Å². The molecule has 0 N–H and O–H groups in total. The van der Waals surface area contributed by atoms with Crippen LogP contribution < -0.4 is 4.52 Å². The SMILES string of the molecule is CCCCc1ccc(OP)c(CCCC)c1. The van der Waals surface area contributed by atoms with Crippen LogP contribution in [0, 0.1) is 0 Å². The van der Waals surface area contributed by atoms with Crippen LogP contribution in [0.1, 0.15) is 50.7 Å². The van der Waals surface area contributed by atoms with Gasteiger partial charge < -0.3 is 4.52 Å². The lowest BCUT2D eigenvalue weighted by molar-refractivity contribution is 0.626. The molecule has 16 heavy (non-hydrogen) atoms. The second-order valence-corrected chi connectivity index (χ2v) is 4.50. The summed E-state index contributed by atoms with van der Waals surface area (Å²) in [7, 11) is 2.35. The lowest BCUT2D eigenvalue weighted by Gasteiger charge is -2.10. The van der Waals surface area contributed by atoms with E-state index in [9.17, 15) is 0 Å². The van der Waals surface area contributed by atoms with Crippen LogP contribution in [-0.2, 0) is 12.8 Å². The van der Waals surface area contributed by atoms with Gasteiger partial charge in [-0.05, 0) is 42.9 Å². The molecule has 0 aliphatic carbocycles. The van der Waals surface area contributed by atoms with Crippen LogP contribution in [0.4, 0.5) is 0 Å². The Morgan fingerprint density at radius 3 is 2.38 bits per heavy atom. The van der Waals surface area contributed by atoms with E-state index in [4.69, 9.17) is 4.52 Å². The standard InChI is InChI=1S/C14H23OP/c1-3-5-7-12-9-10-14(15-16)13(11-12)8-6-4-2/h9-11H,3-8,16H2,1-2H3. The van der Waals surface area contributed by atoms with Crippen LogP contribution in [-0.4, -0.2) is 0 Å². The summed E-state index contributed by atoms with van der Waals surface area (Å²) in [5.74, 6) is 1.01. The average molecular weight is 238 g/mol. The summed E-state index contributed by atoms with van der Waals surface area (Å²) in [6, 6.07) is 6.60. The first-order valence-electron chi connectivity index (χ1n) is 6.30. The molecule has 1 rings (SSSR count). The van der Waals surface area contributed by atoms with Gasteiger partial charge in [-0.25, -0.2) is 0 Å². The van der Waals surface area contributed by atoms with Crippen molar-refractivity contribution in [1.29, 1.82) is 0 Å². The fourth-order valence-corrected chi connectivity index (χ4v) is 2.08. The number of aryl methyl sites for hydroxylation is 2. The molecule has 0 saturated heterocycles. The Bertz CT molecular complexity index is 310. The third kappa shape index (κ3) is 4.14. The molecule has 0 heterocycles. The van der Waals surface area contributed by atoms with Crippen molar-refractivity contribution in [3.05, 3.63) is 29.3 Å². The third-order valence-corrected chi connectivity index (χ3v) is 3.12. The number of benzene rings is 1. The Hall–Kier alpha value is -0.550. The number of unbranched alkanes of at least 4 members (excludes halogenated alkanes) is 2. The number of hydrogen-bond acceptors (Lipinski definition) is 1. The van der Waals surface area contributed by atoms with Crippen LogP contribution in [0.25, 0.3) is 0 Å². The summed E-state index contributed by atoms with van der Waals surface area (Å²) in [6.07, 6.45) is 7.31.